The number of ether oxygens (including phenoxy) is 1. The summed E-state index contributed by atoms with van der Waals surface area (Å²) in [6, 6.07) is 21.0. The molecule has 0 aliphatic heterocycles. The molecule has 36 heavy (non-hydrogen) atoms. The van der Waals surface area contributed by atoms with Crippen molar-refractivity contribution in [2.24, 2.45) is 0 Å². The minimum atomic E-state index is -3.97. The molecule has 11 heteroatoms. The standard InChI is InChI=1S/C25H23N3O7S/c1-18-12-13-21(22(16-18)28(31)32)27-25(30)24(20-10-6-3-7-11-20)35-23(29)17-26-36(33,34)15-14-19-8-4-2-5-9-19/h2-16,24,26H,17H2,1H3,(H,27,30)/b15-14+. The van der Waals surface area contributed by atoms with Crippen molar-refractivity contribution < 1.29 is 27.7 Å². The Bertz CT molecular complexity index is 1380. The van der Waals surface area contributed by atoms with Crippen LogP contribution in [-0.2, 0) is 24.3 Å². The zero-order chi connectivity index (χ0) is 26.1. The number of nitrogens with one attached hydrogen (secondary N) is 2. The largest absolute Gasteiger partial charge is 0.446 e. The minimum absolute atomic E-state index is 0.0701. The van der Waals surface area contributed by atoms with Gasteiger partial charge in [-0.3, -0.25) is 19.7 Å². The van der Waals surface area contributed by atoms with E-state index in [0.717, 1.165) is 5.41 Å². The number of aryl methyl sites for hydroxylation is 1. The van der Waals surface area contributed by atoms with E-state index in [1.165, 1.54) is 30.3 Å². The van der Waals surface area contributed by atoms with Crippen molar-refractivity contribution in [1.29, 1.82) is 0 Å². The van der Waals surface area contributed by atoms with Gasteiger partial charge >= 0.3 is 5.97 Å². The first-order valence-corrected chi connectivity index (χ1v) is 12.2. The summed E-state index contributed by atoms with van der Waals surface area (Å²) in [5, 5.41) is 14.7. The number of nitro groups is 1. The second-order valence-electron chi connectivity index (χ2n) is 7.63. The smallest absolute Gasteiger partial charge is 0.322 e. The van der Waals surface area contributed by atoms with Crippen molar-refractivity contribution in [2.75, 3.05) is 11.9 Å². The molecule has 186 valence electrons. The van der Waals surface area contributed by atoms with E-state index in [1.807, 2.05) is 0 Å². The molecule has 1 atom stereocenters. The fourth-order valence-electron chi connectivity index (χ4n) is 3.11. The lowest BCUT2D eigenvalue weighted by molar-refractivity contribution is -0.384. The van der Waals surface area contributed by atoms with E-state index in [-0.39, 0.29) is 11.4 Å². The van der Waals surface area contributed by atoms with Crippen LogP contribution in [-0.4, -0.2) is 31.8 Å². The molecule has 0 fully saturated rings. The summed E-state index contributed by atoms with van der Waals surface area (Å²) in [6.45, 7) is 0.937. The predicted molar refractivity (Wildman–Crippen MR) is 134 cm³/mol. The van der Waals surface area contributed by atoms with Gasteiger partial charge in [-0.05, 0) is 30.2 Å². The Labute approximate surface area is 207 Å². The molecule has 3 aromatic rings. The van der Waals surface area contributed by atoms with Crippen LogP contribution >= 0.6 is 0 Å². The Kier molecular flexibility index (Phi) is 8.66. The lowest BCUT2D eigenvalue weighted by Gasteiger charge is -2.18. The maximum Gasteiger partial charge on any atom is 0.322 e. The second kappa shape index (κ2) is 11.9. The lowest BCUT2D eigenvalue weighted by Crippen LogP contribution is -2.33. The van der Waals surface area contributed by atoms with E-state index in [9.17, 15) is 28.1 Å². The fraction of sp³-hybridized carbons (Fsp3) is 0.120. The number of benzene rings is 3. The van der Waals surface area contributed by atoms with Gasteiger partial charge in [0.05, 0.1) is 4.92 Å². The van der Waals surface area contributed by atoms with E-state index in [1.54, 1.807) is 61.5 Å². The normalized spacial score (nSPS) is 12.1. The highest BCUT2D eigenvalue weighted by molar-refractivity contribution is 7.92. The summed E-state index contributed by atoms with van der Waals surface area (Å²) >= 11 is 0. The van der Waals surface area contributed by atoms with Gasteiger partial charge < -0.3 is 10.1 Å². The highest BCUT2D eigenvalue weighted by Gasteiger charge is 2.27. The number of anilines is 1. The van der Waals surface area contributed by atoms with Crippen molar-refractivity contribution in [3.63, 3.8) is 0 Å². The molecule has 0 bridgehead atoms. The average molecular weight is 510 g/mol. The van der Waals surface area contributed by atoms with Crippen molar-refractivity contribution >= 4 is 39.4 Å². The molecular formula is C25H23N3O7S. The summed E-state index contributed by atoms with van der Waals surface area (Å²) in [5.74, 6) is -1.86. The quantitative estimate of drug-likeness (QED) is 0.241. The molecule has 0 aromatic heterocycles. The SMILES string of the molecule is Cc1ccc(NC(=O)C(OC(=O)CNS(=O)(=O)/C=C/c2ccccc2)c2ccccc2)c([N+](=O)[O-])c1. The van der Waals surface area contributed by atoms with Crippen LogP contribution < -0.4 is 10.0 Å². The zero-order valence-electron chi connectivity index (χ0n) is 19.2. The third-order valence-electron chi connectivity index (χ3n) is 4.85. The number of amides is 1. The Morgan fingerprint density at radius 1 is 1.03 bits per heavy atom. The van der Waals surface area contributed by atoms with Gasteiger partial charge in [0.15, 0.2) is 0 Å². The van der Waals surface area contributed by atoms with Crippen LogP contribution in [0, 0.1) is 17.0 Å². The molecule has 3 aromatic carbocycles. The monoisotopic (exact) mass is 509 g/mol. The highest BCUT2D eigenvalue weighted by atomic mass is 32.2. The molecule has 0 aliphatic carbocycles. The number of sulfonamides is 1. The number of hydrogen-bond donors (Lipinski definition) is 2. The molecule has 1 unspecified atom stereocenters. The van der Waals surface area contributed by atoms with Crippen LogP contribution in [0.15, 0.2) is 84.3 Å². The van der Waals surface area contributed by atoms with Crippen molar-refractivity contribution in [2.45, 2.75) is 13.0 Å². The number of esters is 1. The Hall–Kier alpha value is -4.35. The Morgan fingerprint density at radius 3 is 2.31 bits per heavy atom. The maximum absolute atomic E-state index is 13.0. The summed E-state index contributed by atoms with van der Waals surface area (Å²) < 4.78 is 31.8. The fourth-order valence-corrected chi connectivity index (χ4v) is 3.86. The van der Waals surface area contributed by atoms with Crippen molar-refractivity contribution in [3.05, 3.63) is 111 Å². The number of hydrogen-bond acceptors (Lipinski definition) is 7. The number of nitrogens with zero attached hydrogens (tertiary/aromatic N) is 1. The van der Waals surface area contributed by atoms with E-state index in [2.05, 4.69) is 10.0 Å². The van der Waals surface area contributed by atoms with E-state index in [0.29, 0.717) is 16.7 Å². The van der Waals surface area contributed by atoms with Gasteiger partial charge in [0.1, 0.15) is 12.2 Å². The van der Waals surface area contributed by atoms with Crippen LogP contribution in [0.5, 0.6) is 0 Å². The summed E-state index contributed by atoms with van der Waals surface area (Å²) in [7, 11) is -3.97. The highest BCUT2D eigenvalue weighted by Crippen LogP contribution is 2.27. The molecule has 10 nitrogen and oxygen atoms in total. The number of rotatable bonds is 10. The third-order valence-corrected chi connectivity index (χ3v) is 5.90. The van der Waals surface area contributed by atoms with Gasteiger partial charge in [-0.1, -0.05) is 66.7 Å². The van der Waals surface area contributed by atoms with E-state index >= 15 is 0 Å². The van der Waals surface area contributed by atoms with Crippen LogP contribution in [0.4, 0.5) is 11.4 Å². The Balaban J connectivity index is 1.72. The molecule has 0 aliphatic rings. The number of carbonyl (C=O) groups is 2. The van der Waals surface area contributed by atoms with Crippen LogP contribution in [0.25, 0.3) is 6.08 Å². The first kappa shape index (κ1) is 26.3. The molecule has 0 radical (unpaired) electrons. The van der Waals surface area contributed by atoms with Gasteiger partial charge in [0.2, 0.25) is 16.1 Å². The van der Waals surface area contributed by atoms with Crippen molar-refractivity contribution in [3.8, 4) is 0 Å². The second-order valence-corrected chi connectivity index (χ2v) is 9.28. The van der Waals surface area contributed by atoms with Gasteiger partial charge in [-0.2, -0.15) is 0 Å². The van der Waals surface area contributed by atoms with Gasteiger partial charge in [0, 0.05) is 17.0 Å². The predicted octanol–water partition coefficient (Wildman–Crippen LogP) is 3.72. The Morgan fingerprint density at radius 2 is 1.67 bits per heavy atom. The minimum Gasteiger partial charge on any atom is -0.446 e. The van der Waals surface area contributed by atoms with Gasteiger partial charge in [-0.25, -0.2) is 13.1 Å². The third kappa shape index (κ3) is 7.58. The van der Waals surface area contributed by atoms with Crippen LogP contribution in [0.3, 0.4) is 0 Å². The molecule has 0 saturated heterocycles. The van der Waals surface area contributed by atoms with E-state index in [4.69, 9.17) is 4.74 Å². The number of carbonyl (C=O) groups excluding carboxylic acids is 2. The summed E-state index contributed by atoms with van der Waals surface area (Å²) in [6.07, 6.45) is -0.119. The van der Waals surface area contributed by atoms with Gasteiger partial charge in [-0.15, -0.1) is 0 Å². The number of nitro benzene ring substituents is 1. The van der Waals surface area contributed by atoms with Gasteiger partial charge in [0.25, 0.3) is 11.6 Å². The first-order chi connectivity index (χ1) is 17.1. The lowest BCUT2D eigenvalue weighted by atomic mass is 10.1. The molecule has 2 N–H and O–H groups in total. The van der Waals surface area contributed by atoms with Crippen molar-refractivity contribution in [1.82, 2.24) is 4.72 Å². The first-order valence-electron chi connectivity index (χ1n) is 10.7. The molecule has 1 amide bonds. The zero-order valence-corrected chi connectivity index (χ0v) is 20.0. The van der Waals surface area contributed by atoms with Crippen LogP contribution in [0.2, 0.25) is 0 Å². The summed E-state index contributed by atoms with van der Waals surface area (Å²) in [4.78, 5) is 36.2. The molecular weight excluding hydrogens is 486 g/mol. The summed E-state index contributed by atoms with van der Waals surface area (Å²) in [5.41, 5.74) is 1.18. The van der Waals surface area contributed by atoms with E-state index < -0.39 is 39.5 Å². The van der Waals surface area contributed by atoms with Crippen LogP contribution in [0.1, 0.15) is 22.8 Å². The molecule has 3 rings (SSSR count). The average Bonchev–Trinajstić information content (AvgIpc) is 2.87. The molecule has 0 saturated carbocycles. The maximum atomic E-state index is 13.0. The molecule has 0 heterocycles. The molecule has 0 spiro atoms. The topological polar surface area (TPSA) is 145 Å².